The third kappa shape index (κ3) is 4.81. The second-order valence-electron chi connectivity index (χ2n) is 5.23. The summed E-state index contributed by atoms with van der Waals surface area (Å²) in [6, 6.07) is 4.88. The molecule has 29 heavy (non-hydrogen) atoms. The molecule has 2 aromatic rings. The highest BCUT2D eigenvalue weighted by molar-refractivity contribution is 5.98. The van der Waals surface area contributed by atoms with Crippen molar-refractivity contribution in [2.24, 2.45) is 0 Å². The number of rotatable bonds is 6. The van der Waals surface area contributed by atoms with Crippen LogP contribution >= 0.6 is 0 Å². The van der Waals surface area contributed by atoms with Gasteiger partial charge in [0.05, 0.1) is 20.3 Å². The largest absolute Gasteiger partial charge is 0.466 e. The molecule has 0 unspecified atom stereocenters. The lowest BCUT2D eigenvalue weighted by Gasteiger charge is -2.12. The molecule has 0 fully saturated rings. The number of methoxy groups -OCH3 is 2. The van der Waals surface area contributed by atoms with Crippen LogP contribution in [0.15, 0.2) is 36.0 Å². The van der Waals surface area contributed by atoms with Crippen LogP contribution in [0.3, 0.4) is 0 Å². The Morgan fingerprint density at radius 2 is 1.48 bits per heavy atom. The number of hydrogen-bond donors (Lipinski definition) is 1. The van der Waals surface area contributed by atoms with Crippen molar-refractivity contribution in [1.82, 2.24) is 0 Å². The van der Waals surface area contributed by atoms with Gasteiger partial charge in [0.2, 0.25) is 34.8 Å². The molecule has 0 atom stereocenters. The van der Waals surface area contributed by atoms with Crippen LogP contribution in [-0.2, 0) is 19.1 Å². The fraction of sp³-hybridized carbons (Fsp3) is 0.111. The SMILES string of the molecule is COC(=O)/C=C(/Nc1cccc(Oc2c(F)c(F)c(F)c(F)c2F)c1)C(=O)OC. The Morgan fingerprint density at radius 1 is 0.897 bits per heavy atom. The van der Waals surface area contributed by atoms with Gasteiger partial charge in [-0.2, -0.15) is 8.78 Å². The summed E-state index contributed by atoms with van der Waals surface area (Å²) in [6.07, 6.45) is 0.781. The third-order valence-electron chi connectivity index (χ3n) is 3.37. The number of carbonyl (C=O) groups excluding carboxylic acids is 2. The second kappa shape index (κ2) is 9.04. The zero-order chi connectivity index (χ0) is 21.7. The summed E-state index contributed by atoms with van der Waals surface area (Å²) in [5, 5.41) is 2.49. The van der Waals surface area contributed by atoms with Gasteiger partial charge in [-0.25, -0.2) is 22.8 Å². The predicted octanol–water partition coefficient (Wildman–Crippen LogP) is 3.82. The van der Waals surface area contributed by atoms with E-state index in [0.717, 1.165) is 32.4 Å². The fourth-order valence-electron chi connectivity index (χ4n) is 2.02. The molecule has 2 aromatic carbocycles. The van der Waals surface area contributed by atoms with E-state index in [0.29, 0.717) is 0 Å². The van der Waals surface area contributed by atoms with E-state index in [1.54, 1.807) is 0 Å². The molecule has 0 aliphatic carbocycles. The molecule has 6 nitrogen and oxygen atoms in total. The minimum Gasteiger partial charge on any atom is -0.466 e. The summed E-state index contributed by atoms with van der Waals surface area (Å²) < 4.78 is 80.9. The van der Waals surface area contributed by atoms with Gasteiger partial charge in [-0.15, -0.1) is 0 Å². The molecule has 0 saturated heterocycles. The first-order chi connectivity index (χ1) is 13.7. The molecular weight excluding hydrogens is 405 g/mol. The number of halogens is 5. The van der Waals surface area contributed by atoms with Gasteiger partial charge < -0.3 is 19.5 Å². The quantitative estimate of drug-likeness (QED) is 0.253. The molecule has 0 saturated carbocycles. The minimum absolute atomic E-state index is 0.0620. The maximum atomic E-state index is 13.7. The van der Waals surface area contributed by atoms with Crippen molar-refractivity contribution in [2.45, 2.75) is 0 Å². The molecular formula is C18H12F5NO5. The monoisotopic (exact) mass is 417 g/mol. The number of anilines is 1. The lowest BCUT2D eigenvalue weighted by molar-refractivity contribution is -0.138. The standard InChI is InChI=1S/C18H12F5NO5/c1-27-11(25)7-10(18(26)28-2)24-8-4-3-5-9(6-8)29-17-15(22)13(20)12(19)14(21)16(17)23/h3-7,24H,1-2H3/b10-7+. The Kier molecular flexibility index (Phi) is 6.75. The average Bonchev–Trinajstić information content (AvgIpc) is 2.73. The van der Waals surface area contributed by atoms with Gasteiger partial charge in [0, 0.05) is 11.8 Å². The average molecular weight is 417 g/mol. The molecule has 1 N–H and O–H groups in total. The van der Waals surface area contributed by atoms with E-state index < -0.39 is 46.8 Å². The summed E-state index contributed by atoms with van der Waals surface area (Å²) in [5.41, 5.74) is -0.292. The number of hydrogen-bond acceptors (Lipinski definition) is 6. The number of esters is 2. The van der Waals surface area contributed by atoms with Crippen LogP contribution in [0.1, 0.15) is 0 Å². The van der Waals surface area contributed by atoms with Crippen molar-refractivity contribution in [2.75, 3.05) is 19.5 Å². The topological polar surface area (TPSA) is 73.9 Å². The van der Waals surface area contributed by atoms with Gasteiger partial charge in [0.25, 0.3) is 0 Å². The van der Waals surface area contributed by atoms with Crippen LogP contribution in [0.2, 0.25) is 0 Å². The van der Waals surface area contributed by atoms with Crippen LogP contribution in [0.25, 0.3) is 0 Å². The van der Waals surface area contributed by atoms with E-state index in [2.05, 4.69) is 14.8 Å². The lowest BCUT2D eigenvalue weighted by Crippen LogP contribution is -2.15. The van der Waals surface area contributed by atoms with E-state index in [1.807, 2.05) is 0 Å². The predicted molar refractivity (Wildman–Crippen MR) is 88.5 cm³/mol. The van der Waals surface area contributed by atoms with Crippen molar-refractivity contribution in [1.29, 1.82) is 0 Å². The Labute approximate surface area is 160 Å². The molecule has 0 aromatic heterocycles. The van der Waals surface area contributed by atoms with E-state index in [-0.39, 0.29) is 17.1 Å². The van der Waals surface area contributed by atoms with Crippen LogP contribution in [0, 0.1) is 29.1 Å². The van der Waals surface area contributed by atoms with E-state index in [1.165, 1.54) is 12.1 Å². The van der Waals surface area contributed by atoms with Crippen molar-refractivity contribution in [3.63, 3.8) is 0 Å². The number of benzene rings is 2. The maximum Gasteiger partial charge on any atom is 0.354 e. The summed E-state index contributed by atoms with van der Waals surface area (Å²) in [6.45, 7) is 0. The highest BCUT2D eigenvalue weighted by Crippen LogP contribution is 2.33. The van der Waals surface area contributed by atoms with Gasteiger partial charge in [-0.3, -0.25) is 0 Å². The van der Waals surface area contributed by atoms with Crippen molar-refractivity contribution < 1.29 is 45.8 Å². The fourth-order valence-corrected chi connectivity index (χ4v) is 2.02. The Bertz CT molecular complexity index is 964. The Morgan fingerprint density at radius 3 is 2.03 bits per heavy atom. The second-order valence-corrected chi connectivity index (χ2v) is 5.23. The highest BCUT2D eigenvalue weighted by atomic mass is 19.2. The number of carbonyl (C=O) groups is 2. The molecule has 11 heteroatoms. The number of ether oxygens (including phenoxy) is 3. The zero-order valence-corrected chi connectivity index (χ0v) is 14.8. The Balaban J connectivity index is 2.37. The summed E-state index contributed by atoms with van der Waals surface area (Å²) in [4.78, 5) is 23.1. The zero-order valence-electron chi connectivity index (χ0n) is 14.8. The van der Waals surface area contributed by atoms with Gasteiger partial charge in [0.1, 0.15) is 11.4 Å². The first-order valence-electron chi connectivity index (χ1n) is 7.63. The third-order valence-corrected chi connectivity index (χ3v) is 3.37. The van der Waals surface area contributed by atoms with E-state index in [4.69, 9.17) is 4.74 Å². The molecule has 0 aliphatic heterocycles. The molecule has 0 radical (unpaired) electrons. The van der Waals surface area contributed by atoms with Crippen molar-refractivity contribution in [3.8, 4) is 11.5 Å². The highest BCUT2D eigenvalue weighted by Gasteiger charge is 2.27. The Hall–Kier alpha value is -3.63. The normalized spacial score (nSPS) is 11.1. The van der Waals surface area contributed by atoms with Crippen LogP contribution < -0.4 is 10.1 Å². The molecule has 0 heterocycles. The maximum absolute atomic E-state index is 13.7. The lowest BCUT2D eigenvalue weighted by atomic mass is 10.2. The van der Waals surface area contributed by atoms with Crippen LogP contribution in [0.4, 0.5) is 27.6 Å². The van der Waals surface area contributed by atoms with Crippen molar-refractivity contribution >= 4 is 17.6 Å². The molecule has 0 aliphatic rings. The minimum atomic E-state index is -2.32. The van der Waals surface area contributed by atoms with E-state index in [9.17, 15) is 31.5 Å². The molecule has 2 rings (SSSR count). The van der Waals surface area contributed by atoms with Gasteiger partial charge in [-0.05, 0) is 12.1 Å². The van der Waals surface area contributed by atoms with Gasteiger partial charge >= 0.3 is 11.9 Å². The summed E-state index contributed by atoms with van der Waals surface area (Å²) in [7, 11) is 2.13. The van der Waals surface area contributed by atoms with Crippen LogP contribution in [0.5, 0.6) is 11.5 Å². The first kappa shape index (κ1) is 21.7. The number of nitrogens with one attached hydrogen (secondary N) is 1. The van der Waals surface area contributed by atoms with Crippen LogP contribution in [-0.4, -0.2) is 26.2 Å². The van der Waals surface area contributed by atoms with E-state index >= 15 is 0 Å². The molecule has 0 amide bonds. The summed E-state index contributed by atoms with van der Waals surface area (Å²) >= 11 is 0. The smallest absolute Gasteiger partial charge is 0.354 e. The first-order valence-corrected chi connectivity index (χ1v) is 7.63. The summed E-state index contributed by atoms with van der Waals surface area (Å²) in [5.74, 6) is -14.6. The molecule has 0 spiro atoms. The molecule has 0 bridgehead atoms. The van der Waals surface area contributed by atoms with Crippen molar-refractivity contribution in [3.05, 3.63) is 65.1 Å². The van der Waals surface area contributed by atoms with Gasteiger partial charge in [-0.1, -0.05) is 6.07 Å². The molecule has 154 valence electrons. The van der Waals surface area contributed by atoms with Gasteiger partial charge in [0.15, 0.2) is 0 Å².